The van der Waals surface area contributed by atoms with Crippen LogP contribution >= 0.6 is 7.82 Å². The lowest BCUT2D eigenvalue weighted by Crippen LogP contribution is -2.25. The molecule has 0 amide bonds. The monoisotopic (exact) mass is 449 g/mol. The van der Waals surface area contributed by atoms with Crippen molar-refractivity contribution in [2.75, 3.05) is 27.4 Å². The Morgan fingerprint density at radius 2 is 1.16 bits per heavy atom. The lowest BCUT2D eigenvalue weighted by Gasteiger charge is -2.14. The summed E-state index contributed by atoms with van der Waals surface area (Å²) in [4.78, 5) is 26.1. The van der Waals surface area contributed by atoms with Crippen LogP contribution in [0.25, 0.3) is 0 Å². The van der Waals surface area contributed by atoms with Crippen LogP contribution < -0.4 is 9.47 Å². The molecule has 0 atom stereocenters. The quantitative estimate of drug-likeness (QED) is 0.155. The topological polar surface area (TPSA) is 110 Å². The van der Waals surface area contributed by atoms with E-state index in [1.165, 1.54) is 38.5 Å². The van der Waals surface area contributed by atoms with E-state index in [-0.39, 0.29) is 24.3 Å². The SMILES string of the molecule is CCOP(=O)(OCC)ON=C(C(=O)c1ccc(OC)cc1)C(=O)c1ccc(OC)cc1. The molecule has 0 unspecified atom stereocenters. The first kappa shape index (κ1) is 24.3. The van der Waals surface area contributed by atoms with Crippen molar-refractivity contribution in [3.63, 3.8) is 0 Å². The number of phosphoric ester groups is 1. The highest BCUT2D eigenvalue weighted by molar-refractivity contribution is 7.48. The van der Waals surface area contributed by atoms with Crippen LogP contribution in [0.2, 0.25) is 0 Å². The number of benzene rings is 2. The minimum Gasteiger partial charge on any atom is -0.497 e. The number of ether oxygens (including phenoxy) is 2. The molecular weight excluding hydrogens is 425 g/mol. The molecule has 2 rings (SSSR count). The molecule has 0 heterocycles. The van der Waals surface area contributed by atoms with Crippen molar-refractivity contribution in [1.82, 2.24) is 0 Å². The number of Topliss-reactive ketones (excluding diaryl/α,β-unsaturated/α-hetero) is 2. The fourth-order valence-corrected chi connectivity index (χ4v) is 3.42. The molecule has 0 radical (unpaired) electrons. The molecule has 166 valence electrons. The summed E-state index contributed by atoms with van der Waals surface area (Å²) in [5, 5.41) is 3.61. The second-order valence-electron chi connectivity index (χ2n) is 5.92. The van der Waals surface area contributed by atoms with Crippen molar-refractivity contribution < 1.29 is 37.3 Å². The number of hydrogen-bond donors (Lipinski definition) is 0. The van der Waals surface area contributed by atoms with Gasteiger partial charge in [-0.25, -0.2) is 4.57 Å². The van der Waals surface area contributed by atoms with Gasteiger partial charge in [0.05, 0.1) is 27.4 Å². The molecule has 0 bridgehead atoms. The maximum absolute atomic E-state index is 13.0. The summed E-state index contributed by atoms with van der Waals surface area (Å²) in [6.07, 6.45) is 0. The third-order valence-corrected chi connectivity index (χ3v) is 5.37. The van der Waals surface area contributed by atoms with E-state index < -0.39 is 25.1 Å². The first-order valence-electron chi connectivity index (χ1n) is 9.40. The largest absolute Gasteiger partial charge is 0.550 e. The molecule has 2 aromatic rings. The molecule has 31 heavy (non-hydrogen) atoms. The highest BCUT2D eigenvalue weighted by atomic mass is 31.2. The van der Waals surface area contributed by atoms with Gasteiger partial charge in [-0.15, -0.1) is 0 Å². The van der Waals surface area contributed by atoms with Crippen LogP contribution in [0.15, 0.2) is 53.7 Å². The van der Waals surface area contributed by atoms with Gasteiger partial charge in [-0.3, -0.25) is 23.3 Å². The number of carbonyl (C=O) groups is 2. The minimum absolute atomic E-state index is 0.0149. The Bertz CT molecular complexity index is 898. The molecule has 0 saturated carbocycles. The number of carbonyl (C=O) groups excluding carboxylic acids is 2. The van der Waals surface area contributed by atoms with Crippen LogP contribution in [-0.4, -0.2) is 44.7 Å². The molecule has 0 aliphatic rings. The van der Waals surface area contributed by atoms with Crippen molar-refractivity contribution in [1.29, 1.82) is 0 Å². The molecule has 0 spiro atoms. The minimum atomic E-state index is -4.09. The van der Waals surface area contributed by atoms with Crippen molar-refractivity contribution >= 4 is 25.1 Å². The van der Waals surface area contributed by atoms with Crippen molar-refractivity contribution in [3.8, 4) is 11.5 Å². The maximum atomic E-state index is 13.0. The third-order valence-electron chi connectivity index (χ3n) is 3.94. The van der Waals surface area contributed by atoms with Crippen molar-refractivity contribution in [2.45, 2.75) is 13.8 Å². The molecule has 0 saturated heterocycles. The van der Waals surface area contributed by atoms with Gasteiger partial charge in [0.1, 0.15) is 11.5 Å². The van der Waals surface area contributed by atoms with Gasteiger partial charge in [0.25, 0.3) is 0 Å². The fraction of sp³-hybridized carbons (Fsp3) is 0.286. The lowest BCUT2D eigenvalue weighted by atomic mass is 9.99. The van der Waals surface area contributed by atoms with Gasteiger partial charge in [0.15, 0.2) is 5.71 Å². The summed E-state index contributed by atoms with van der Waals surface area (Å²) >= 11 is 0. The first-order valence-corrected chi connectivity index (χ1v) is 10.9. The molecule has 0 aliphatic heterocycles. The van der Waals surface area contributed by atoms with E-state index in [1.807, 2.05) is 0 Å². The highest BCUT2D eigenvalue weighted by Gasteiger charge is 2.31. The Morgan fingerprint density at radius 1 is 0.774 bits per heavy atom. The van der Waals surface area contributed by atoms with Gasteiger partial charge >= 0.3 is 7.82 Å². The molecule has 10 heteroatoms. The van der Waals surface area contributed by atoms with Crippen molar-refractivity contribution in [2.24, 2.45) is 5.16 Å². The van der Waals surface area contributed by atoms with E-state index in [9.17, 15) is 14.2 Å². The van der Waals surface area contributed by atoms with Gasteiger partial charge in [-0.1, -0.05) is 5.16 Å². The fourth-order valence-electron chi connectivity index (χ4n) is 2.44. The number of rotatable bonds is 12. The highest BCUT2D eigenvalue weighted by Crippen LogP contribution is 2.49. The number of ketones is 2. The van der Waals surface area contributed by atoms with Crippen LogP contribution in [0.3, 0.4) is 0 Å². The lowest BCUT2D eigenvalue weighted by molar-refractivity contribution is 0.0999. The number of oxime groups is 1. The summed E-state index contributed by atoms with van der Waals surface area (Å²) in [6.45, 7) is 3.21. The Labute approximate surface area is 180 Å². The summed E-state index contributed by atoms with van der Waals surface area (Å²) in [6, 6.07) is 12.2. The smallest absolute Gasteiger partial charge is 0.497 e. The van der Waals surface area contributed by atoms with E-state index in [2.05, 4.69) is 5.16 Å². The molecule has 2 aromatic carbocycles. The second-order valence-corrected chi connectivity index (χ2v) is 7.49. The molecule has 0 N–H and O–H groups in total. The predicted molar refractivity (Wildman–Crippen MR) is 114 cm³/mol. The van der Waals surface area contributed by atoms with Gasteiger partial charge < -0.3 is 9.47 Å². The van der Waals surface area contributed by atoms with Gasteiger partial charge in [0.2, 0.25) is 11.6 Å². The Morgan fingerprint density at radius 3 is 1.48 bits per heavy atom. The maximum Gasteiger partial charge on any atom is 0.550 e. The zero-order valence-electron chi connectivity index (χ0n) is 17.7. The average Bonchev–Trinajstić information content (AvgIpc) is 2.79. The number of phosphoric acid groups is 1. The first-order chi connectivity index (χ1) is 14.9. The Balaban J connectivity index is 2.44. The van der Waals surface area contributed by atoms with E-state index in [1.54, 1.807) is 38.1 Å². The summed E-state index contributed by atoms with van der Waals surface area (Å²) < 4.78 is 37.7. The Kier molecular flexibility index (Phi) is 8.93. The molecular formula is C21H24NO8P. The van der Waals surface area contributed by atoms with E-state index in [0.717, 1.165) is 0 Å². The molecule has 9 nitrogen and oxygen atoms in total. The van der Waals surface area contributed by atoms with Crippen LogP contribution in [0.4, 0.5) is 0 Å². The molecule has 0 aliphatic carbocycles. The normalized spacial score (nSPS) is 10.8. The zero-order chi connectivity index (χ0) is 22.9. The van der Waals surface area contributed by atoms with Crippen LogP contribution in [0, 0.1) is 0 Å². The standard InChI is InChI=1S/C21H24NO8P/c1-5-28-31(25,29-6-2)30-22-19(20(23)15-7-11-17(26-3)12-8-15)21(24)16-9-13-18(27-4)14-10-16/h7-14H,5-6H2,1-4H3. The second kappa shape index (κ2) is 11.4. The van der Waals surface area contributed by atoms with E-state index in [4.69, 9.17) is 23.1 Å². The van der Waals surface area contributed by atoms with Crippen LogP contribution in [-0.2, 0) is 18.2 Å². The molecule has 0 fully saturated rings. The summed E-state index contributed by atoms with van der Waals surface area (Å²) in [5.41, 5.74) is -0.268. The third kappa shape index (κ3) is 6.49. The van der Waals surface area contributed by atoms with Gasteiger partial charge in [0, 0.05) is 11.1 Å². The average molecular weight is 449 g/mol. The van der Waals surface area contributed by atoms with Crippen LogP contribution in [0.5, 0.6) is 11.5 Å². The van der Waals surface area contributed by atoms with E-state index >= 15 is 0 Å². The molecule has 0 aromatic heterocycles. The van der Waals surface area contributed by atoms with Crippen LogP contribution in [0.1, 0.15) is 34.6 Å². The summed E-state index contributed by atoms with van der Waals surface area (Å²) in [5.74, 6) is -0.402. The van der Waals surface area contributed by atoms with E-state index in [0.29, 0.717) is 11.5 Å². The number of nitrogens with zero attached hydrogens (tertiary/aromatic N) is 1. The predicted octanol–water partition coefficient (Wildman–Crippen LogP) is 4.32. The van der Waals surface area contributed by atoms with Gasteiger partial charge in [-0.05, 0) is 62.4 Å². The van der Waals surface area contributed by atoms with Crippen molar-refractivity contribution in [3.05, 3.63) is 59.7 Å². The summed E-state index contributed by atoms with van der Waals surface area (Å²) in [7, 11) is -1.11. The van der Waals surface area contributed by atoms with Gasteiger partial charge in [-0.2, -0.15) is 0 Å². The zero-order valence-corrected chi connectivity index (χ0v) is 18.6. The Hall–Kier alpha value is -3.00. The number of methoxy groups -OCH3 is 2. The number of hydrogen-bond acceptors (Lipinski definition) is 9.